The summed E-state index contributed by atoms with van der Waals surface area (Å²) >= 11 is 1.36. The van der Waals surface area contributed by atoms with Crippen molar-refractivity contribution in [3.63, 3.8) is 0 Å². The monoisotopic (exact) mass is 211 g/mol. The Hall–Kier alpha value is -0.990. The molecule has 0 aliphatic carbocycles. The number of nitrogens with zero attached hydrogens (tertiary/aromatic N) is 2. The summed E-state index contributed by atoms with van der Waals surface area (Å²) in [4.78, 5) is 4.18. The van der Waals surface area contributed by atoms with Gasteiger partial charge in [-0.25, -0.2) is 4.98 Å². The van der Waals surface area contributed by atoms with Crippen LogP contribution in [0, 0.1) is 25.2 Å². The molecule has 76 valence electrons. The molecule has 1 heterocycles. The van der Waals surface area contributed by atoms with Crippen molar-refractivity contribution in [2.45, 2.75) is 31.5 Å². The maximum atomic E-state index is 8.69. The lowest BCUT2D eigenvalue weighted by atomic mass is 10.1. The number of nitrogens with two attached hydrogens (primary N) is 1. The molecule has 5 heteroatoms. The first kappa shape index (κ1) is 11.1. The maximum absolute atomic E-state index is 8.69. The minimum Gasteiger partial charge on any atom is -0.437 e. The molecule has 4 nitrogen and oxygen atoms in total. The van der Waals surface area contributed by atoms with Crippen molar-refractivity contribution in [1.82, 2.24) is 4.98 Å². The Morgan fingerprint density at radius 3 is 2.71 bits per heavy atom. The van der Waals surface area contributed by atoms with E-state index in [1.165, 1.54) is 11.8 Å². The first-order valence-corrected chi connectivity index (χ1v) is 5.20. The average Bonchev–Trinajstić information content (AvgIpc) is 2.44. The van der Waals surface area contributed by atoms with Gasteiger partial charge < -0.3 is 10.2 Å². The first-order chi connectivity index (χ1) is 6.44. The normalized spacial score (nSPS) is 14.8. The van der Waals surface area contributed by atoms with Gasteiger partial charge in [-0.1, -0.05) is 11.8 Å². The van der Waals surface area contributed by atoms with Gasteiger partial charge in [0.1, 0.15) is 11.3 Å². The summed E-state index contributed by atoms with van der Waals surface area (Å²) in [6.07, 6.45) is 0. The third-order valence-electron chi connectivity index (χ3n) is 1.76. The Morgan fingerprint density at radius 2 is 2.29 bits per heavy atom. The number of oxazole rings is 1. The molecule has 0 amide bonds. The molecule has 0 saturated carbocycles. The summed E-state index contributed by atoms with van der Waals surface area (Å²) in [5.41, 5.74) is 5.70. The molecule has 0 aliphatic heterocycles. The summed E-state index contributed by atoms with van der Waals surface area (Å²) in [5, 5.41) is 9.27. The van der Waals surface area contributed by atoms with Crippen LogP contribution in [0.15, 0.2) is 9.64 Å². The Morgan fingerprint density at radius 1 is 1.64 bits per heavy atom. The highest BCUT2D eigenvalue weighted by atomic mass is 32.2. The van der Waals surface area contributed by atoms with Crippen molar-refractivity contribution < 1.29 is 4.42 Å². The average molecular weight is 211 g/mol. The predicted molar refractivity (Wildman–Crippen MR) is 54.9 cm³/mol. The van der Waals surface area contributed by atoms with E-state index < -0.39 is 5.54 Å². The summed E-state index contributed by atoms with van der Waals surface area (Å²) in [6, 6.07) is 2.02. The molecule has 0 bridgehead atoms. The van der Waals surface area contributed by atoms with Gasteiger partial charge in [0.15, 0.2) is 0 Å². The number of rotatable bonds is 3. The van der Waals surface area contributed by atoms with E-state index in [1.54, 1.807) is 6.92 Å². The van der Waals surface area contributed by atoms with Crippen molar-refractivity contribution in [2.75, 3.05) is 5.75 Å². The molecule has 1 aromatic rings. The van der Waals surface area contributed by atoms with E-state index in [1.807, 2.05) is 19.9 Å². The molecule has 0 aliphatic rings. The van der Waals surface area contributed by atoms with Crippen LogP contribution < -0.4 is 5.73 Å². The van der Waals surface area contributed by atoms with E-state index in [0.717, 1.165) is 11.5 Å². The Bertz CT molecular complexity index is 345. The van der Waals surface area contributed by atoms with Crippen molar-refractivity contribution in [2.24, 2.45) is 5.73 Å². The van der Waals surface area contributed by atoms with E-state index in [-0.39, 0.29) is 0 Å². The lowest BCUT2D eigenvalue weighted by Gasteiger charge is -2.12. The SMILES string of the molecule is Cc1nc(SCC(C)(N)C#N)oc1C. The summed E-state index contributed by atoms with van der Waals surface area (Å²) < 4.78 is 5.34. The van der Waals surface area contributed by atoms with Gasteiger partial charge in [0.25, 0.3) is 5.22 Å². The maximum Gasteiger partial charge on any atom is 0.256 e. The predicted octanol–water partition coefficient (Wildman–Crippen LogP) is 1.62. The molecule has 1 rings (SSSR count). The van der Waals surface area contributed by atoms with Crippen LogP contribution in [-0.4, -0.2) is 16.3 Å². The lowest BCUT2D eigenvalue weighted by molar-refractivity contribution is 0.430. The van der Waals surface area contributed by atoms with Crippen LogP contribution in [0.2, 0.25) is 0 Å². The summed E-state index contributed by atoms with van der Waals surface area (Å²) in [6.45, 7) is 5.43. The Labute approximate surface area is 87.5 Å². The summed E-state index contributed by atoms with van der Waals surface area (Å²) in [5.74, 6) is 1.28. The van der Waals surface area contributed by atoms with Crippen LogP contribution in [0.1, 0.15) is 18.4 Å². The topological polar surface area (TPSA) is 75.8 Å². The lowest BCUT2D eigenvalue weighted by Crippen LogP contribution is -2.36. The number of hydrogen-bond acceptors (Lipinski definition) is 5. The first-order valence-electron chi connectivity index (χ1n) is 4.21. The fourth-order valence-corrected chi connectivity index (χ4v) is 1.62. The van der Waals surface area contributed by atoms with Crippen LogP contribution in [-0.2, 0) is 0 Å². The summed E-state index contributed by atoms with van der Waals surface area (Å²) in [7, 11) is 0. The number of aromatic nitrogens is 1. The zero-order chi connectivity index (χ0) is 10.8. The highest BCUT2D eigenvalue weighted by molar-refractivity contribution is 7.99. The molecule has 1 unspecified atom stereocenters. The third kappa shape index (κ3) is 2.76. The zero-order valence-electron chi connectivity index (χ0n) is 8.50. The molecule has 0 spiro atoms. The molecule has 1 aromatic heterocycles. The van der Waals surface area contributed by atoms with Gasteiger partial charge in [-0.05, 0) is 20.8 Å². The van der Waals surface area contributed by atoms with Crippen LogP contribution in [0.4, 0.5) is 0 Å². The van der Waals surface area contributed by atoms with Crippen molar-refractivity contribution in [3.05, 3.63) is 11.5 Å². The second kappa shape index (κ2) is 4.03. The third-order valence-corrected chi connectivity index (χ3v) is 2.93. The van der Waals surface area contributed by atoms with Gasteiger partial charge in [-0.15, -0.1) is 0 Å². The molecule has 1 atom stereocenters. The van der Waals surface area contributed by atoms with Crippen molar-refractivity contribution >= 4 is 11.8 Å². The number of nitriles is 1. The number of thioether (sulfide) groups is 1. The van der Waals surface area contributed by atoms with Gasteiger partial charge in [0.05, 0.1) is 11.8 Å². The molecule has 0 radical (unpaired) electrons. The molecular formula is C9H13N3OS. The second-order valence-electron chi connectivity index (χ2n) is 3.44. The minimum atomic E-state index is -0.832. The van der Waals surface area contributed by atoms with E-state index in [0.29, 0.717) is 11.0 Å². The van der Waals surface area contributed by atoms with E-state index in [4.69, 9.17) is 15.4 Å². The highest BCUT2D eigenvalue weighted by Gasteiger charge is 2.19. The molecule has 2 N–H and O–H groups in total. The van der Waals surface area contributed by atoms with Crippen LogP contribution in [0.25, 0.3) is 0 Å². The van der Waals surface area contributed by atoms with Gasteiger partial charge in [0.2, 0.25) is 0 Å². The fraction of sp³-hybridized carbons (Fsp3) is 0.556. The van der Waals surface area contributed by atoms with Crippen LogP contribution in [0.5, 0.6) is 0 Å². The standard InChI is InChI=1S/C9H13N3OS/c1-6-7(2)13-8(12-6)14-5-9(3,11)4-10/h5,11H2,1-3H3. The Kier molecular flexibility index (Phi) is 3.19. The Balaban J connectivity index is 2.59. The van der Waals surface area contributed by atoms with Crippen LogP contribution in [0.3, 0.4) is 0 Å². The number of hydrogen-bond donors (Lipinski definition) is 1. The van der Waals surface area contributed by atoms with E-state index >= 15 is 0 Å². The second-order valence-corrected chi connectivity index (χ2v) is 4.37. The van der Waals surface area contributed by atoms with Gasteiger partial charge in [-0.2, -0.15) is 5.26 Å². The fourth-order valence-electron chi connectivity index (χ4n) is 0.749. The van der Waals surface area contributed by atoms with Gasteiger partial charge in [-0.3, -0.25) is 0 Å². The zero-order valence-corrected chi connectivity index (χ0v) is 9.31. The highest BCUT2D eigenvalue weighted by Crippen LogP contribution is 2.22. The van der Waals surface area contributed by atoms with E-state index in [9.17, 15) is 0 Å². The van der Waals surface area contributed by atoms with Crippen LogP contribution >= 0.6 is 11.8 Å². The number of aryl methyl sites for hydroxylation is 2. The quantitative estimate of drug-likeness (QED) is 0.769. The molecule has 0 aromatic carbocycles. The minimum absolute atomic E-state index is 0.475. The molecule has 0 fully saturated rings. The molecule has 14 heavy (non-hydrogen) atoms. The van der Waals surface area contributed by atoms with Gasteiger partial charge in [0, 0.05) is 5.75 Å². The smallest absolute Gasteiger partial charge is 0.256 e. The van der Waals surface area contributed by atoms with E-state index in [2.05, 4.69) is 4.98 Å². The van der Waals surface area contributed by atoms with Gasteiger partial charge >= 0.3 is 0 Å². The molecule has 0 saturated heterocycles. The van der Waals surface area contributed by atoms with Crippen molar-refractivity contribution in [3.8, 4) is 6.07 Å². The van der Waals surface area contributed by atoms with Crippen molar-refractivity contribution in [1.29, 1.82) is 5.26 Å². The largest absolute Gasteiger partial charge is 0.437 e. The molecular weight excluding hydrogens is 198 g/mol.